The number of hydrogen-bond donors (Lipinski definition) is 1. The van der Waals surface area contributed by atoms with Crippen LogP contribution in [0.25, 0.3) is 5.57 Å². The Labute approximate surface area is 121 Å². The van der Waals surface area contributed by atoms with E-state index in [0.717, 1.165) is 22.4 Å². The Bertz CT molecular complexity index is 495. The van der Waals surface area contributed by atoms with Gasteiger partial charge in [-0.05, 0) is 45.4 Å². The smallest absolute Gasteiger partial charge is 0.410 e. The summed E-state index contributed by atoms with van der Waals surface area (Å²) in [7, 11) is 0. The summed E-state index contributed by atoms with van der Waals surface area (Å²) in [6.07, 6.45) is 1.70. The van der Waals surface area contributed by atoms with Crippen molar-refractivity contribution >= 4 is 17.4 Å². The maximum absolute atomic E-state index is 11.9. The van der Waals surface area contributed by atoms with Gasteiger partial charge in [0.2, 0.25) is 0 Å². The van der Waals surface area contributed by atoms with Gasteiger partial charge in [0.25, 0.3) is 0 Å². The fraction of sp³-hybridized carbons (Fsp3) is 0.438. The van der Waals surface area contributed by atoms with Crippen LogP contribution in [0.4, 0.5) is 10.5 Å². The Kier molecular flexibility index (Phi) is 6.10. The van der Waals surface area contributed by atoms with E-state index in [1.165, 1.54) is 0 Å². The quantitative estimate of drug-likeness (QED) is 0.838. The number of ether oxygens (including phenoxy) is 1. The Morgan fingerprint density at radius 2 is 2.10 bits per heavy atom. The van der Waals surface area contributed by atoms with Gasteiger partial charge < -0.3 is 15.4 Å². The second-order valence-corrected chi connectivity index (χ2v) is 4.62. The third-order valence-corrected chi connectivity index (χ3v) is 3.17. The molecular formula is C16H24N2O2. The molecule has 20 heavy (non-hydrogen) atoms. The number of nitrogen functional groups attached to an aromatic ring is 1. The van der Waals surface area contributed by atoms with Gasteiger partial charge in [0, 0.05) is 24.3 Å². The van der Waals surface area contributed by atoms with Crippen LogP contribution in [0, 0.1) is 6.92 Å². The maximum atomic E-state index is 11.9. The molecule has 0 radical (unpaired) electrons. The minimum Gasteiger partial charge on any atom is -0.450 e. The predicted octanol–water partition coefficient (Wildman–Crippen LogP) is 3.46. The number of amides is 1. The fourth-order valence-corrected chi connectivity index (χ4v) is 2.01. The first kappa shape index (κ1) is 16.1. The summed E-state index contributed by atoms with van der Waals surface area (Å²) in [5.74, 6) is 0. The first-order chi connectivity index (χ1) is 9.53. The van der Waals surface area contributed by atoms with Gasteiger partial charge in [0.15, 0.2) is 0 Å². The summed E-state index contributed by atoms with van der Waals surface area (Å²) < 4.78 is 5.06. The average Bonchev–Trinajstić information content (AvgIpc) is 2.43. The lowest BCUT2D eigenvalue weighted by Gasteiger charge is -2.22. The van der Waals surface area contributed by atoms with Crippen LogP contribution in [0.1, 0.15) is 31.9 Å². The van der Waals surface area contributed by atoms with Crippen LogP contribution in [0.15, 0.2) is 24.3 Å². The first-order valence-electron chi connectivity index (χ1n) is 6.96. The van der Waals surface area contributed by atoms with E-state index < -0.39 is 0 Å². The minimum atomic E-state index is -0.291. The maximum Gasteiger partial charge on any atom is 0.410 e. The van der Waals surface area contributed by atoms with Crippen molar-refractivity contribution in [3.63, 3.8) is 0 Å². The molecule has 0 bridgehead atoms. The molecule has 0 saturated carbocycles. The van der Waals surface area contributed by atoms with Crippen molar-refractivity contribution in [3.05, 3.63) is 35.4 Å². The highest BCUT2D eigenvalue weighted by atomic mass is 16.6. The van der Waals surface area contributed by atoms with Gasteiger partial charge in [-0.1, -0.05) is 17.7 Å². The highest BCUT2D eigenvalue weighted by Crippen LogP contribution is 2.24. The molecule has 0 unspecified atom stereocenters. The lowest BCUT2D eigenvalue weighted by molar-refractivity contribution is 0.114. The van der Waals surface area contributed by atoms with Crippen molar-refractivity contribution in [1.29, 1.82) is 0 Å². The number of hydrogen-bond acceptors (Lipinski definition) is 3. The number of benzene rings is 1. The lowest BCUT2D eigenvalue weighted by atomic mass is 10.0. The number of nitrogens with zero attached hydrogens (tertiary/aromatic N) is 1. The van der Waals surface area contributed by atoms with Crippen LogP contribution in [-0.4, -0.2) is 30.7 Å². The summed E-state index contributed by atoms with van der Waals surface area (Å²) in [6.45, 7) is 9.20. The van der Waals surface area contributed by atoms with Crippen LogP contribution < -0.4 is 5.73 Å². The van der Waals surface area contributed by atoms with E-state index in [1.807, 2.05) is 45.0 Å². The molecule has 110 valence electrons. The molecule has 0 saturated heterocycles. The third-order valence-electron chi connectivity index (χ3n) is 3.17. The van der Waals surface area contributed by atoms with Gasteiger partial charge in [-0.2, -0.15) is 0 Å². The van der Waals surface area contributed by atoms with Crippen molar-refractivity contribution in [2.45, 2.75) is 27.7 Å². The van der Waals surface area contributed by atoms with Gasteiger partial charge in [-0.15, -0.1) is 0 Å². The molecule has 0 aliphatic rings. The monoisotopic (exact) mass is 276 g/mol. The summed E-state index contributed by atoms with van der Waals surface area (Å²) in [5.41, 5.74) is 9.92. The van der Waals surface area contributed by atoms with Crippen LogP contribution >= 0.6 is 0 Å². The SMILES string of the molecule is C/C=C(\CN(CC)C(=O)OCC)c1cc(C)ccc1N. The second kappa shape index (κ2) is 7.58. The van der Waals surface area contributed by atoms with Gasteiger partial charge in [-0.3, -0.25) is 0 Å². The number of carbonyl (C=O) groups is 1. The number of nitrogens with two attached hydrogens (primary N) is 1. The molecule has 0 aromatic heterocycles. The Balaban J connectivity index is 2.97. The first-order valence-corrected chi connectivity index (χ1v) is 6.96. The molecule has 2 N–H and O–H groups in total. The van der Waals surface area contributed by atoms with Crippen LogP contribution in [0.3, 0.4) is 0 Å². The zero-order valence-electron chi connectivity index (χ0n) is 12.8. The van der Waals surface area contributed by atoms with E-state index in [4.69, 9.17) is 10.5 Å². The molecule has 0 aliphatic heterocycles. The Morgan fingerprint density at radius 3 is 2.65 bits per heavy atom. The van der Waals surface area contributed by atoms with Crippen molar-refractivity contribution < 1.29 is 9.53 Å². The summed E-state index contributed by atoms with van der Waals surface area (Å²) in [5, 5.41) is 0. The number of carbonyl (C=O) groups excluding carboxylic acids is 1. The number of rotatable bonds is 5. The van der Waals surface area contributed by atoms with Crippen molar-refractivity contribution in [3.8, 4) is 0 Å². The van der Waals surface area contributed by atoms with Crippen LogP contribution in [0.5, 0.6) is 0 Å². The second-order valence-electron chi connectivity index (χ2n) is 4.62. The molecule has 1 aromatic rings. The fourth-order valence-electron chi connectivity index (χ4n) is 2.01. The van der Waals surface area contributed by atoms with Gasteiger partial charge >= 0.3 is 6.09 Å². The molecular weight excluding hydrogens is 252 g/mol. The molecule has 0 heterocycles. The highest BCUT2D eigenvalue weighted by molar-refractivity contribution is 5.79. The summed E-state index contributed by atoms with van der Waals surface area (Å²) >= 11 is 0. The standard InChI is InChI=1S/C16H24N2O2/c1-5-13(11-18(6-2)16(19)20-7-3)14-10-12(4)8-9-15(14)17/h5,8-10H,6-7,11,17H2,1-4H3/b13-5+. The highest BCUT2D eigenvalue weighted by Gasteiger charge is 2.16. The van der Waals surface area contributed by atoms with Crippen LogP contribution in [-0.2, 0) is 4.74 Å². The summed E-state index contributed by atoms with van der Waals surface area (Å²) in [4.78, 5) is 13.5. The molecule has 1 aromatic carbocycles. The number of allylic oxidation sites excluding steroid dienone is 1. The van der Waals surface area contributed by atoms with E-state index in [-0.39, 0.29) is 6.09 Å². The molecule has 4 heteroatoms. The topological polar surface area (TPSA) is 55.6 Å². The van der Waals surface area contributed by atoms with Gasteiger partial charge in [0.05, 0.1) is 6.61 Å². The number of anilines is 1. The Morgan fingerprint density at radius 1 is 1.40 bits per heavy atom. The van der Waals surface area contributed by atoms with E-state index in [1.54, 1.807) is 11.8 Å². The normalized spacial score (nSPS) is 11.3. The number of likely N-dealkylation sites (N-methyl/N-ethyl adjacent to an activating group) is 1. The molecule has 4 nitrogen and oxygen atoms in total. The van der Waals surface area contributed by atoms with Crippen molar-refractivity contribution in [1.82, 2.24) is 4.90 Å². The zero-order chi connectivity index (χ0) is 15.1. The Hall–Kier alpha value is -1.97. The molecule has 1 rings (SSSR count). The molecule has 0 aliphatic carbocycles. The van der Waals surface area contributed by atoms with E-state index >= 15 is 0 Å². The summed E-state index contributed by atoms with van der Waals surface area (Å²) in [6, 6.07) is 5.92. The van der Waals surface area contributed by atoms with Crippen molar-refractivity contribution in [2.75, 3.05) is 25.4 Å². The zero-order valence-corrected chi connectivity index (χ0v) is 12.8. The van der Waals surface area contributed by atoms with Gasteiger partial charge in [0.1, 0.15) is 0 Å². The van der Waals surface area contributed by atoms with E-state index in [0.29, 0.717) is 19.7 Å². The average molecular weight is 276 g/mol. The minimum absolute atomic E-state index is 0.291. The van der Waals surface area contributed by atoms with E-state index in [2.05, 4.69) is 0 Å². The predicted molar refractivity (Wildman–Crippen MR) is 83.5 cm³/mol. The lowest BCUT2D eigenvalue weighted by Crippen LogP contribution is -2.33. The molecule has 0 atom stereocenters. The molecule has 1 amide bonds. The molecule has 0 fully saturated rings. The largest absolute Gasteiger partial charge is 0.450 e. The van der Waals surface area contributed by atoms with E-state index in [9.17, 15) is 4.79 Å². The number of aryl methyl sites for hydroxylation is 1. The van der Waals surface area contributed by atoms with Gasteiger partial charge in [-0.25, -0.2) is 4.79 Å². The van der Waals surface area contributed by atoms with Crippen LogP contribution in [0.2, 0.25) is 0 Å². The van der Waals surface area contributed by atoms with Crippen molar-refractivity contribution in [2.24, 2.45) is 0 Å². The third kappa shape index (κ3) is 4.02. The molecule has 0 spiro atoms.